The normalized spacial score (nSPS) is 15.8. The molecule has 1 aliphatic rings. The molecule has 1 fully saturated rings. The highest BCUT2D eigenvalue weighted by Crippen LogP contribution is 2.28. The summed E-state index contributed by atoms with van der Waals surface area (Å²) in [5, 5.41) is 7.44. The zero-order valence-corrected chi connectivity index (χ0v) is 18.6. The van der Waals surface area contributed by atoms with Crippen molar-refractivity contribution in [2.75, 3.05) is 52.2 Å². The van der Waals surface area contributed by atoms with Crippen molar-refractivity contribution in [1.29, 1.82) is 0 Å². The van der Waals surface area contributed by atoms with Gasteiger partial charge in [-0.25, -0.2) is 4.98 Å². The summed E-state index contributed by atoms with van der Waals surface area (Å²) in [6.45, 7) is 7.54. The molecular formula is C20H29ClN6S. The van der Waals surface area contributed by atoms with Gasteiger partial charge in [-0.3, -0.25) is 4.99 Å². The van der Waals surface area contributed by atoms with Crippen LogP contribution in [0.5, 0.6) is 0 Å². The number of hydrogen-bond donors (Lipinski definition) is 1. The minimum atomic E-state index is 0.633. The van der Waals surface area contributed by atoms with E-state index in [1.54, 1.807) is 18.4 Å². The van der Waals surface area contributed by atoms with Gasteiger partial charge in [0.05, 0.1) is 17.2 Å². The lowest BCUT2D eigenvalue weighted by molar-refractivity contribution is 0.312. The van der Waals surface area contributed by atoms with Crippen molar-refractivity contribution in [2.24, 2.45) is 4.99 Å². The molecule has 0 amide bonds. The molecule has 1 saturated heterocycles. The van der Waals surface area contributed by atoms with Crippen LogP contribution in [0.2, 0.25) is 5.02 Å². The van der Waals surface area contributed by atoms with Gasteiger partial charge in [-0.05, 0) is 26.1 Å². The Morgan fingerprint density at radius 2 is 2.07 bits per heavy atom. The van der Waals surface area contributed by atoms with Crippen LogP contribution in [0.3, 0.4) is 0 Å². The second-order valence-electron chi connectivity index (χ2n) is 7.14. The van der Waals surface area contributed by atoms with E-state index in [1.807, 2.05) is 26.1 Å². The Bertz CT molecular complexity index is 813. The Balaban J connectivity index is 1.68. The molecule has 0 bridgehead atoms. The van der Waals surface area contributed by atoms with Gasteiger partial charge in [-0.15, -0.1) is 11.3 Å². The van der Waals surface area contributed by atoms with E-state index in [1.165, 1.54) is 5.69 Å². The van der Waals surface area contributed by atoms with Crippen LogP contribution in [0.1, 0.15) is 16.3 Å². The van der Waals surface area contributed by atoms with Gasteiger partial charge < -0.3 is 20.0 Å². The number of halogens is 1. The fraction of sp³-hybridized carbons (Fsp3) is 0.500. The van der Waals surface area contributed by atoms with E-state index in [0.717, 1.165) is 60.0 Å². The summed E-state index contributed by atoms with van der Waals surface area (Å²) >= 11 is 8.25. The molecule has 3 rings (SSSR count). The number of rotatable bonds is 5. The number of piperazine rings is 1. The van der Waals surface area contributed by atoms with Crippen LogP contribution in [0.25, 0.3) is 0 Å². The van der Waals surface area contributed by atoms with E-state index < -0.39 is 0 Å². The van der Waals surface area contributed by atoms with Crippen molar-refractivity contribution < 1.29 is 0 Å². The molecule has 6 nitrogen and oxygen atoms in total. The van der Waals surface area contributed by atoms with Crippen LogP contribution in [0.15, 0.2) is 28.6 Å². The third kappa shape index (κ3) is 5.16. The maximum atomic E-state index is 6.58. The van der Waals surface area contributed by atoms with E-state index in [9.17, 15) is 0 Å². The van der Waals surface area contributed by atoms with Crippen molar-refractivity contribution in [3.05, 3.63) is 44.9 Å². The lowest BCUT2D eigenvalue weighted by Gasteiger charge is -2.35. The molecule has 2 heterocycles. The number of hydrogen-bond acceptors (Lipinski definition) is 5. The summed E-state index contributed by atoms with van der Waals surface area (Å²) in [6, 6.07) is 6.16. The minimum absolute atomic E-state index is 0.633. The molecule has 1 aliphatic heterocycles. The topological polar surface area (TPSA) is 47.0 Å². The van der Waals surface area contributed by atoms with E-state index in [2.05, 4.69) is 48.5 Å². The number of aromatic nitrogens is 1. The van der Waals surface area contributed by atoms with Crippen molar-refractivity contribution in [1.82, 2.24) is 20.1 Å². The zero-order valence-electron chi connectivity index (χ0n) is 17.1. The van der Waals surface area contributed by atoms with Gasteiger partial charge in [-0.1, -0.05) is 17.7 Å². The van der Waals surface area contributed by atoms with Crippen LogP contribution in [-0.2, 0) is 13.1 Å². The molecule has 0 aliphatic carbocycles. The fourth-order valence-electron chi connectivity index (χ4n) is 3.42. The number of nitrogens with one attached hydrogen (secondary N) is 1. The zero-order chi connectivity index (χ0) is 20.1. The summed E-state index contributed by atoms with van der Waals surface area (Å²) in [5.74, 6) is 0.829. The lowest BCUT2D eigenvalue weighted by atomic mass is 10.1. The largest absolute Gasteiger partial charge is 0.369 e. The maximum Gasteiger partial charge on any atom is 0.194 e. The molecule has 1 N–H and O–H groups in total. The minimum Gasteiger partial charge on any atom is -0.369 e. The third-order valence-corrected chi connectivity index (χ3v) is 6.18. The molecular weight excluding hydrogens is 392 g/mol. The predicted octanol–water partition coefficient (Wildman–Crippen LogP) is 3.06. The first kappa shape index (κ1) is 20.9. The van der Waals surface area contributed by atoms with Crippen molar-refractivity contribution >= 4 is 34.6 Å². The standard InChI is InChI=1S/C20H29ClN6S/c1-15-24-16(14-28-15)13-26(4)20(22-2)23-12-17-18(21)6-5-7-19(17)27-10-8-25(3)9-11-27/h5-7,14H,8-13H2,1-4H3,(H,22,23). The van der Waals surface area contributed by atoms with Crippen LogP contribution < -0.4 is 10.2 Å². The smallest absolute Gasteiger partial charge is 0.194 e. The van der Waals surface area contributed by atoms with Crippen molar-refractivity contribution in [3.63, 3.8) is 0 Å². The van der Waals surface area contributed by atoms with Gasteiger partial charge in [0.25, 0.3) is 0 Å². The van der Waals surface area contributed by atoms with Gasteiger partial charge in [0.1, 0.15) is 0 Å². The number of aryl methyl sites for hydroxylation is 1. The average molecular weight is 421 g/mol. The second-order valence-corrected chi connectivity index (χ2v) is 8.61. The monoisotopic (exact) mass is 420 g/mol. The first-order valence-electron chi connectivity index (χ1n) is 9.51. The number of aliphatic imine (C=N–C) groups is 1. The molecule has 1 aromatic heterocycles. The highest BCUT2D eigenvalue weighted by atomic mass is 35.5. The van der Waals surface area contributed by atoms with Crippen LogP contribution in [0.4, 0.5) is 5.69 Å². The summed E-state index contributed by atoms with van der Waals surface area (Å²) < 4.78 is 0. The van der Waals surface area contributed by atoms with Gasteiger partial charge in [-0.2, -0.15) is 0 Å². The van der Waals surface area contributed by atoms with Gasteiger partial charge >= 0.3 is 0 Å². The quantitative estimate of drug-likeness (QED) is 0.595. The molecule has 0 atom stereocenters. The van der Waals surface area contributed by atoms with Crippen LogP contribution in [-0.4, -0.2) is 68.1 Å². The fourth-order valence-corrected chi connectivity index (χ4v) is 4.26. The third-order valence-electron chi connectivity index (χ3n) is 5.00. The van der Waals surface area contributed by atoms with E-state index in [0.29, 0.717) is 6.54 Å². The molecule has 0 radical (unpaired) electrons. The molecule has 152 valence electrons. The molecule has 2 aromatic rings. The van der Waals surface area contributed by atoms with Gasteiger partial charge in [0.2, 0.25) is 0 Å². The molecule has 0 spiro atoms. The SMILES string of the molecule is CN=C(NCc1c(Cl)cccc1N1CCN(C)CC1)N(C)Cc1csc(C)n1. The first-order valence-corrected chi connectivity index (χ1v) is 10.8. The first-order chi connectivity index (χ1) is 13.5. The number of likely N-dealkylation sites (N-methyl/N-ethyl adjacent to an activating group) is 1. The Labute approximate surface area is 176 Å². The Hall–Kier alpha value is -1.83. The van der Waals surface area contributed by atoms with E-state index >= 15 is 0 Å². The van der Waals surface area contributed by atoms with Crippen LogP contribution >= 0.6 is 22.9 Å². The number of nitrogens with zero attached hydrogens (tertiary/aromatic N) is 5. The molecule has 0 unspecified atom stereocenters. The van der Waals surface area contributed by atoms with Gasteiger partial charge in [0.15, 0.2) is 5.96 Å². The number of benzene rings is 1. The van der Waals surface area contributed by atoms with Crippen LogP contribution in [0, 0.1) is 6.92 Å². The second kappa shape index (κ2) is 9.58. The Kier molecular flexibility index (Phi) is 7.15. The summed E-state index contributed by atoms with van der Waals surface area (Å²) in [5.41, 5.74) is 3.39. The molecule has 28 heavy (non-hydrogen) atoms. The predicted molar refractivity (Wildman–Crippen MR) is 120 cm³/mol. The highest BCUT2D eigenvalue weighted by molar-refractivity contribution is 7.09. The summed E-state index contributed by atoms with van der Waals surface area (Å²) in [6.07, 6.45) is 0. The van der Waals surface area contributed by atoms with E-state index in [-0.39, 0.29) is 0 Å². The Morgan fingerprint density at radius 3 is 2.71 bits per heavy atom. The average Bonchev–Trinajstić information content (AvgIpc) is 3.08. The molecule has 8 heteroatoms. The lowest BCUT2D eigenvalue weighted by Crippen LogP contribution is -2.45. The number of anilines is 1. The van der Waals surface area contributed by atoms with Crippen molar-refractivity contribution in [3.8, 4) is 0 Å². The highest BCUT2D eigenvalue weighted by Gasteiger charge is 2.19. The van der Waals surface area contributed by atoms with Gasteiger partial charge in [0, 0.05) is 68.5 Å². The van der Waals surface area contributed by atoms with E-state index in [4.69, 9.17) is 11.6 Å². The summed E-state index contributed by atoms with van der Waals surface area (Å²) in [7, 11) is 6.00. The number of guanidine groups is 1. The number of thiazole rings is 1. The molecule has 1 aromatic carbocycles. The van der Waals surface area contributed by atoms with Crippen molar-refractivity contribution in [2.45, 2.75) is 20.0 Å². The maximum absolute atomic E-state index is 6.58. The Morgan fingerprint density at radius 1 is 1.32 bits per heavy atom. The summed E-state index contributed by atoms with van der Waals surface area (Å²) in [4.78, 5) is 15.8. The molecule has 0 saturated carbocycles.